The van der Waals surface area contributed by atoms with Gasteiger partial charge in [0.15, 0.2) is 11.6 Å². The van der Waals surface area contributed by atoms with Gasteiger partial charge in [-0.05, 0) is 31.4 Å². The van der Waals surface area contributed by atoms with Crippen LogP contribution in [0.15, 0.2) is 12.1 Å². The summed E-state index contributed by atoms with van der Waals surface area (Å²) >= 11 is 0. The molecule has 4 nitrogen and oxygen atoms in total. The number of piperidine rings is 2. The topological polar surface area (TPSA) is 46.9 Å². The lowest BCUT2D eigenvalue weighted by Crippen LogP contribution is -2.56. The third-order valence-electron chi connectivity index (χ3n) is 5.12. The summed E-state index contributed by atoms with van der Waals surface area (Å²) in [6.45, 7) is 2.30. The summed E-state index contributed by atoms with van der Waals surface area (Å²) in [5.41, 5.74) is -0.290. The Morgan fingerprint density at radius 3 is 2.29 bits per heavy atom. The molecule has 0 bridgehead atoms. The number of hydrogen-bond donors (Lipinski definition) is 2. The highest BCUT2D eigenvalue weighted by Gasteiger charge is 2.34. The van der Waals surface area contributed by atoms with Gasteiger partial charge in [0.05, 0.1) is 12.2 Å². The fourth-order valence-corrected chi connectivity index (χ4v) is 3.71. The Balaban J connectivity index is 1.61. The van der Waals surface area contributed by atoms with Gasteiger partial charge in [-0.1, -0.05) is 0 Å². The number of aliphatic hydroxyl groups is 2. The Kier molecular flexibility index (Phi) is 5.44. The van der Waals surface area contributed by atoms with Gasteiger partial charge in [-0.25, -0.2) is 13.2 Å². The molecular formula is C17H23F3N2O2. The average molecular weight is 344 g/mol. The maximum Gasteiger partial charge on any atom is 0.166 e. The van der Waals surface area contributed by atoms with Crippen molar-refractivity contribution in [3.8, 4) is 0 Å². The largest absolute Gasteiger partial charge is 0.393 e. The molecule has 134 valence electrons. The van der Waals surface area contributed by atoms with E-state index in [9.17, 15) is 23.4 Å². The van der Waals surface area contributed by atoms with Crippen LogP contribution in [0.2, 0.25) is 0 Å². The van der Waals surface area contributed by atoms with Gasteiger partial charge >= 0.3 is 0 Å². The van der Waals surface area contributed by atoms with Crippen molar-refractivity contribution in [1.29, 1.82) is 0 Å². The first kappa shape index (κ1) is 17.7. The van der Waals surface area contributed by atoms with Gasteiger partial charge in [-0.2, -0.15) is 0 Å². The predicted octanol–water partition coefficient (Wildman–Crippen LogP) is 1.50. The molecule has 2 fully saturated rings. The highest BCUT2D eigenvalue weighted by atomic mass is 19.2. The van der Waals surface area contributed by atoms with Crippen LogP contribution in [-0.4, -0.2) is 64.4 Å². The molecule has 2 aliphatic heterocycles. The van der Waals surface area contributed by atoms with Crippen molar-refractivity contribution >= 4 is 0 Å². The lowest BCUT2D eigenvalue weighted by atomic mass is 9.96. The molecule has 0 aromatic heterocycles. The number of hydrogen-bond acceptors (Lipinski definition) is 4. The van der Waals surface area contributed by atoms with Crippen LogP contribution in [0.3, 0.4) is 0 Å². The van der Waals surface area contributed by atoms with Crippen molar-refractivity contribution in [2.75, 3.05) is 26.2 Å². The molecule has 2 aliphatic rings. The van der Waals surface area contributed by atoms with E-state index in [1.165, 1.54) is 0 Å². The maximum atomic E-state index is 13.8. The minimum atomic E-state index is -1.16. The van der Waals surface area contributed by atoms with Crippen LogP contribution < -0.4 is 0 Å². The monoisotopic (exact) mass is 344 g/mol. The molecule has 0 aliphatic carbocycles. The minimum absolute atomic E-state index is 0.00375. The van der Waals surface area contributed by atoms with Crippen molar-refractivity contribution in [1.82, 2.24) is 9.80 Å². The average Bonchev–Trinajstić information content (AvgIpc) is 2.56. The van der Waals surface area contributed by atoms with Crippen molar-refractivity contribution in [3.05, 3.63) is 35.1 Å². The van der Waals surface area contributed by atoms with E-state index in [-0.39, 0.29) is 24.3 Å². The van der Waals surface area contributed by atoms with Crippen LogP contribution in [0.1, 0.15) is 24.8 Å². The summed E-state index contributed by atoms with van der Waals surface area (Å²) in [5, 5.41) is 20.0. The Morgan fingerprint density at radius 1 is 0.958 bits per heavy atom. The van der Waals surface area contributed by atoms with E-state index in [2.05, 4.69) is 4.90 Å². The van der Waals surface area contributed by atoms with Crippen LogP contribution in [0.4, 0.5) is 13.2 Å². The zero-order chi connectivity index (χ0) is 17.3. The zero-order valence-electron chi connectivity index (χ0n) is 13.5. The second kappa shape index (κ2) is 7.39. The van der Waals surface area contributed by atoms with Crippen LogP contribution in [0.5, 0.6) is 0 Å². The Hall–Kier alpha value is -1.15. The molecule has 2 N–H and O–H groups in total. The normalized spacial score (nSPS) is 27.5. The van der Waals surface area contributed by atoms with E-state index in [0.29, 0.717) is 32.4 Å². The van der Waals surface area contributed by atoms with Gasteiger partial charge in [-0.15, -0.1) is 0 Å². The molecule has 0 saturated carbocycles. The van der Waals surface area contributed by atoms with E-state index in [1.807, 2.05) is 0 Å². The summed E-state index contributed by atoms with van der Waals surface area (Å²) in [4.78, 5) is 3.93. The molecule has 3 rings (SSSR count). The number of nitrogens with zero attached hydrogens (tertiary/aromatic N) is 2. The van der Waals surface area contributed by atoms with Gasteiger partial charge < -0.3 is 10.2 Å². The number of aliphatic hydroxyl groups excluding tert-OH is 2. The summed E-state index contributed by atoms with van der Waals surface area (Å²) in [5.74, 6) is -2.99. The SMILES string of the molecule is OC1CCN([C@@H]2CCN(Cc3c(F)ccc(F)c3F)C[C@H]2O)CC1. The quantitative estimate of drug-likeness (QED) is 0.816. The molecule has 1 aromatic rings. The molecular weight excluding hydrogens is 321 g/mol. The van der Waals surface area contributed by atoms with Crippen LogP contribution in [0, 0.1) is 17.5 Å². The number of likely N-dealkylation sites (tertiary alicyclic amines) is 2. The maximum absolute atomic E-state index is 13.8. The third-order valence-corrected chi connectivity index (χ3v) is 5.12. The summed E-state index contributed by atoms with van der Waals surface area (Å²) in [6, 6.07) is 1.70. The molecule has 2 saturated heterocycles. The zero-order valence-corrected chi connectivity index (χ0v) is 13.5. The number of halogens is 3. The lowest BCUT2D eigenvalue weighted by molar-refractivity contribution is -0.0359. The minimum Gasteiger partial charge on any atom is -0.393 e. The summed E-state index contributed by atoms with van der Waals surface area (Å²) < 4.78 is 40.8. The molecule has 24 heavy (non-hydrogen) atoms. The summed E-state index contributed by atoms with van der Waals surface area (Å²) in [7, 11) is 0. The van der Waals surface area contributed by atoms with E-state index >= 15 is 0 Å². The molecule has 7 heteroatoms. The fraction of sp³-hybridized carbons (Fsp3) is 0.647. The Bertz CT molecular complexity index is 579. The Morgan fingerprint density at radius 2 is 1.62 bits per heavy atom. The highest BCUT2D eigenvalue weighted by molar-refractivity contribution is 5.21. The smallest absolute Gasteiger partial charge is 0.166 e. The molecule has 2 atom stereocenters. The van der Waals surface area contributed by atoms with E-state index in [1.54, 1.807) is 4.90 Å². The summed E-state index contributed by atoms with van der Waals surface area (Å²) in [6.07, 6.45) is 1.18. The number of benzene rings is 1. The second-order valence-electron chi connectivity index (χ2n) is 6.75. The molecule has 0 radical (unpaired) electrons. The van der Waals surface area contributed by atoms with E-state index < -0.39 is 23.6 Å². The van der Waals surface area contributed by atoms with E-state index in [4.69, 9.17) is 0 Å². The third kappa shape index (κ3) is 3.74. The van der Waals surface area contributed by atoms with Crippen molar-refractivity contribution in [3.63, 3.8) is 0 Å². The molecule has 1 aromatic carbocycles. The lowest BCUT2D eigenvalue weighted by Gasteiger charge is -2.43. The standard InChI is InChI=1S/C17H23F3N2O2/c18-13-1-2-14(19)17(20)12(13)9-21-6-5-15(16(24)10-21)22-7-3-11(23)4-8-22/h1-2,11,15-16,23-24H,3-10H2/t15-,16-/m1/s1. The first-order valence-electron chi connectivity index (χ1n) is 8.40. The number of β-amino-alcohol motifs (C(OH)–C–C–N with tert-alkyl or cyclic N) is 1. The van der Waals surface area contributed by atoms with Crippen LogP contribution in [-0.2, 0) is 6.54 Å². The first-order chi connectivity index (χ1) is 11.5. The molecule has 0 unspecified atom stereocenters. The fourth-order valence-electron chi connectivity index (χ4n) is 3.71. The molecule has 0 amide bonds. The van der Waals surface area contributed by atoms with Crippen LogP contribution in [0.25, 0.3) is 0 Å². The van der Waals surface area contributed by atoms with Gasteiger partial charge in [0.1, 0.15) is 5.82 Å². The number of rotatable bonds is 3. The Labute approximate surface area is 139 Å². The van der Waals surface area contributed by atoms with Gasteiger partial charge in [-0.3, -0.25) is 9.80 Å². The van der Waals surface area contributed by atoms with Gasteiger partial charge in [0.2, 0.25) is 0 Å². The van der Waals surface area contributed by atoms with Crippen molar-refractivity contribution < 1.29 is 23.4 Å². The van der Waals surface area contributed by atoms with Crippen LogP contribution >= 0.6 is 0 Å². The van der Waals surface area contributed by atoms with Crippen molar-refractivity contribution in [2.45, 2.75) is 44.1 Å². The van der Waals surface area contributed by atoms with Gasteiger partial charge in [0.25, 0.3) is 0 Å². The highest BCUT2D eigenvalue weighted by Crippen LogP contribution is 2.24. The second-order valence-corrected chi connectivity index (χ2v) is 6.75. The first-order valence-corrected chi connectivity index (χ1v) is 8.40. The van der Waals surface area contributed by atoms with E-state index in [0.717, 1.165) is 25.2 Å². The molecule has 2 heterocycles. The predicted molar refractivity (Wildman–Crippen MR) is 82.8 cm³/mol. The van der Waals surface area contributed by atoms with Crippen molar-refractivity contribution in [2.24, 2.45) is 0 Å². The molecule has 0 spiro atoms. The van der Waals surface area contributed by atoms with Gasteiger partial charge in [0, 0.05) is 44.3 Å².